The van der Waals surface area contributed by atoms with E-state index in [-0.39, 0.29) is 6.10 Å². The number of aliphatic hydroxyl groups is 1. The van der Waals surface area contributed by atoms with Crippen LogP contribution in [-0.2, 0) is 0 Å². The van der Waals surface area contributed by atoms with Crippen LogP contribution in [-0.4, -0.2) is 24.3 Å². The van der Waals surface area contributed by atoms with Gasteiger partial charge in [-0.2, -0.15) is 0 Å². The Hall–Kier alpha value is -1.12. The van der Waals surface area contributed by atoms with E-state index in [2.05, 4.69) is 30.4 Å². The quantitative estimate of drug-likeness (QED) is 0.720. The number of nitrogens with one attached hydrogen (secondary N) is 1. The fourth-order valence-electron chi connectivity index (χ4n) is 1.48. The highest BCUT2D eigenvalue weighted by molar-refractivity contribution is 5.52. The summed E-state index contributed by atoms with van der Waals surface area (Å²) in [5.74, 6) is 0. The van der Waals surface area contributed by atoms with Gasteiger partial charge in [0.05, 0.1) is 6.10 Å². The lowest BCUT2D eigenvalue weighted by Crippen LogP contribution is -2.20. The smallest absolute Gasteiger partial charge is 0.0524 e. The molecule has 1 aromatic carbocycles. The van der Waals surface area contributed by atoms with Gasteiger partial charge < -0.3 is 10.4 Å². The molecule has 1 aromatic rings. The Kier molecular flexibility index (Phi) is 5.83. The van der Waals surface area contributed by atoms with Gasteiger partial charge >= 0.3 is 0 Å². The first-order chi connectivity index (χ1) is 7.68. The molecule has 0 aliphatic carbocycles. The van der Waals surface area contributed by atoms with Gasteiger partial charge in [-0.15, -0.1) is 0 Å². The monoisotopic (exact) mass is 219 g/mol. The van der Waals surface area contributed by atoms with E-state index in [1.54, 1.807) is 0 Å². The molecule has 2 N–H and O–H groups in total. The van der Waals surface area contributed by atoms with Crippen molar-refractivity contribution in [3.8, 4) is 0 Å². The van der Waals surface area contributed by atoms with E-state index < -0.39 is 0 Å². The van der Waals surface area contributed by atoms with Crippen molar-refractivity contribution in [1.82, 2.24) is 5.32 Å². The summed E-state index contributed by atoms with van der Waals surface area (Å²) in [6.45, 7) is 5.66. The minimum Gasteiger partial charge on any atom is -0.393 e. The van der Waals surface area contributed by atoms with E-state index in [0.717, 1.165) is 19.5 Å². The van der Waals surface area contributed by atoms with Crippen molar-refractivity contribution < 1.29 is 5.11 Å². The van der Waals surface area contributed by atoms with Crippen LogP contribution in [0, 0.1) is 0 Å². The van der Waals surface area contributed by atoms with E-state index in [4.69, 9.17) is 5.11 Å². The summed E-state index contributed by atoms with van der Waals surface area (Å²) in [6, 6.07) is 10.3. The predicted octanol–water partition coefficient (Wildman–Crippen LogP) is 2.45. The number of aliphatic hydroxyl groups excluding tert-OH is 1. The van der Waals surface area contributed by atoms with E-state index in [9.17, 15) is 0 Å². The highest BCUT2D eigenvalue weighted by atomic mass is 16.3. The molecule has 1 unspecified atom stereocenters. The van der Waals surface area contributed by atoms with Crippen LogP contribution in [0.3, 0.4) is 0 Å². The molecule has 0 aliphatic rings. The SMILES string of the molecule is C/C(=C\c1ccccc1)CNCCC(C)O. The molecule has 0 heterocycles. The maximum absolute atomic E-state index is 9.10. The molecule has 2 heteroatoms. The number of benzene rings is 1. The molecule has 0 amide bonds. The van der Waals surface area contributed by atoms with Crippen LogP contribution in [0.4, 0.5) is 0 Å². The second-order valence-electron chi connectivity index (χ2n) is 4.22. The number of hydrogen-bond acceptors (Lipinski definition) is 2. The molecule has 0 radical (unpaired) electrons. The summed E-state index contributed by atoms with van der Waals surface area (Å²) < 4.78 is 0. The first kappa shape index (κ1) is 12.9. The van der Waals surface area contributed by atoms with E-state index >= 15 is 0 Å². The lowest BCUT2D eigenvalue weighted by Gasteiger charge is -2.06. The summed E-state index contributed by atoms with van der Waals surface area (Å²) in [5.41, 5.74) is 2.54. The van der Waals surface area contributed by atoms with Gasteiger partial charge in [-0.1, -0.05) is 42.0 Å². The normalized spacial score (nSPS) is 13.8. The van der Waals surface area contributed by atoms with Crippen molar-refractivity contribution in [1.29, 1.82) is 0 Å². The van der Waals surface area contributed by atoms with Crippen molar-refractivity contribution in [2.75, 3.05) is 13.1 Å². The van der Waals surface area contributed by atoms with Crippen molar-refractivity contribution in [2.45, 2.75) is 26.4 Å². The van der Waals surface area contributed by atoms with Crippen LogP contribution in [0.2, 0.25) is 0 Å². The molecule has 1 rings (SSSR count). The summed E-state index contributed by atoms with van der Waals surface area (Å²) in [4.78, 5) is 0. The third kappa shape index (κ3) is 5.69. The third-order valence-corrected chi connectivity index (χ3v) is 2.36. The topological polar surface area (TPSA) is 32.3 Å². The zero-order valence-corrected chi connectivity index (χ0v) is 10.1. The van der Waals surface area contributed by atoms with Crippen molar-refractivity contribution in [3.63, 3.8) is 0 Å². The Morgan fingerprint density at radius 2 is 2.06 bits per heavy atom. The third-order valence-electron chi connectivity index (χ3n) is 2.36. The average Bonchev–Trinajstić information content (AvgIpc) is 2.25. The second-order valence-corrected chi connectivity index (χ2v) is 4.22. The van der Waals surface area contributed by atoms with Crippen LogP contribution in [0.5, 0.6) is 0 Å². The van der Waals surface area contributed by atoms with Gasteiger partial charge in [-0.3, -0.25) is 0 Å². The van der Waals surface area contributed by atoms with Gasteiger partial charge in [0.15, 0.2) is 0 Å². The molecule has 2 nitrogen and oxygen atoms in total. The van der Waals surface area contributed by atoms with Gasteiger partial charge in [0, 0.05) is 6.54 Å². The molecular weight excluding hydrogens is 198 g/mol. The Morgan fingerprint density at radius 3 is 2.69 bits per heavy atom. The molecule has 0 saturated heterocycles. The molecule has 0 spiro atoms. The Balaban J connectivity index is 2.30. The van der Waals surface area contributed by atoms with E-state index in [1.807, 2.05) is 25.1 Å². The van der Waals surface area contributed by atoms with Crippen molar-refractivity contribution in [2.24, 2.45) is 0 Å². The molecule has 16 heavy (non-hydrogen) atoms. The lowest BCUT2D eigenvalue weighted by atomic mass is 10.1. The van der Waals surface area contributed by atoms with Crippen LogP contribution in [0.15, 0.2) is 35.9 Å². The Bertz CT molecular complexity index is 317. The molecule has 0 aliphatic heterocycles. The molecule has 0 aromatic heterocycles. The lowest BCUT2D eigenvalue weighted by molar-refractivity contribution is 0.184. The summed E-state index contributed by atoms with van der Waals surface area (Å²) in [6.07, 6.45) is 2.76. The van der Waals surface area contributed by atoms with Gasteiger partial charge in [-0.25, -0.2) is 0 Å². The maximum atomic E-state index is 9.10. The van der Waals surface area contributed by atoms with Gasteiger partial charge in [0.25, 0.3) is 0 Å². The predicted molar refractivity (Wildman–Crippen MR) is 69.3 cm³/mol. The number of hydrogen-bond donors (Lipinski definition) is 2. The molecule has 88 valence electrons. The van der Waals surface area contributed by atoms with Crippen LogP contribution < -0.4 is 5.32 Å². The minimum atomic E-state index is -0.217. The Labute approximate surface area is 98.0 Å². The van der Waals surface area contributed by atoms with Crippen molar-refractivity contribution in [3.05, 3.63) is 41.5 Å². The average molecular weight is 219 g/mol. The minimum absolute atomic E-state index is 0.217. The maximum Gasteiger partial charge on any atom is 0.0524 e. The zero-order valence-electron chi connectivity index (χ0n) is 10.1. The molecule has 0 bridgehead atoms. The zero-order chi connectivity index (χ0) is 11.8. The van der Waals surface area contributed by atoms with E-state index in [1.165, 1.54) is 11.1 Å². The molecular formula is C14H21NO. The second kappa shape index (κ2) is 7.20. The molecule has 0 fully saturated rings. The first-order valence-electron chi connectivity index (χ1n) is 5.79. The van der Waals surface area contributed by atoms with Crippen LogP contribution in [0.25, 0.3) is 6.08 Å². The fraction of sp³-hybridized carbons (Fsp3) is 0.429. The van der Waals surface area contributed by atoms with Gasteiger partial charge in [0.2, 0.25) is 0 Å². The van der Waals surface area contributed by atoms with E-state index in [0.29, 0.717) is 0 Å². The van der Waals surface area contributed by atoms with Gasteiger partial charge in [0.1, 0.15) is 0 Å². The van der Waals surface area contributed by atoms with Crippen molar-refractivity contribution >= 4 is 6.08 Å². The van der Waals surface area contributed by atoms with Crippen LogP contribution >= 0.6 is 0 Å². The fourth-order valence-corrected chi connectivity index (χ4v) is 1.48. The van der Waals surface area contributed by atoms with Gasteiger partial charge in [-0.05, 0) is 32.4 Å². The first-order valence-corrected chi connectivity index (χ1v) is 5.79. The largest absolute Gasteiger partial charge is 0.393 e. The summed E-state index contributed by atoms with van der Waals surface area (Å²) >= 11 is 0. The highest BCUT2D eigenvalue weighted by Crippen LogP contribution is 2.05. The molecule has 1 atom stereocenters. The van der Waals surface area contributed by atoms with Crippen LogP contribution in [0.1, 0.15) is 25.8 Å². The Morgan fingerprint density at radius 1 is 1.38 bits per heavy atom. The summed E-state index contributed by atoms with van der Waals surface area (Å²) in [5, 5.41) is 12.4. The highest BCUT2D eigenvalue weighted by Gasteiger charge is 1.95. The number of rotatable bonds is 6. The summed E-state index contributed by atoms with van der Waals surface area (Å²) in [7, 11) is 0. The molecule has 0 saturated carbocycles. The standard InChI is InChI=1S/C14H21NO/c1-12(11-15-9-8-13(2)16)10-14-6-4-3-5-7-14/h3-7,10,13,15-16H,8-9,11H2,1-2H3/b12-10+.